The van der Waals surface area contributed by atoms with Gasteiger partial charge in [0, 0.05) is 25.7 Å². The van der Waals surface area contributed by atoms with Gasteiger partial charge in [-0.25, -0.2) is 0 Å². The first-order valence-corrected chi connectivity index (χ1v) is 7.86. The number of carbonyl (C=O) groups is 1. The number of ether oxygens (including phenoxy) is 1. The van der Waals surface area contributed by atoms with Crippen LogP contribution < -0.4 is 10.6 Å². The van der Waals surface area contributed by atoms with Crippen LogP contribution in [0.1, 0.15) is 58.3 Å². The summed E-state index contributed by atoms with van der Waals surface area (Å²) in [4.78, 5) is 12.0. The Hall–Kier alpha value is -0.610. The highest BCUT2D eigenvalue weighted by Crippen LogP contribution is 2.24. The first kappa shape index (κ1) is 14.8. The first-order valence-electron chi connectivity index (χ1n) is 7.86. The third-order valence-corrected chi connectivity index (χ3v) is 4.40. The highest BCUT2D eigenvalue weighted by atomic mass is 16.5. The lowest BCUT2D eigenvalue weighted by Crippen LogP contribution is -2.46. The molecule has 2 fully saturated rings. The number of hydrogen-bond acceptors (Lipinski definition) is 3. The lowest BCUT2D eigenvalue weighted by atomic mass is 10.0. The average Bonchev–Trinajstić information content (AvgIpc) is 2.70. The Morgan fingerprint density at radius 3 is 2.53 bits per heavy atom. The summed E-state index contributed by atoms with van der Waals surface area (Å²) in [5.74, 6) is 0.0488. The van der Waals surface area contributed by atoms with Gasteiger partial charge in [-0.3, -0.25) is 4.79 Å². The molecule has 0 aromatic heterocycles. The van der Waals surface area contributed by atoms with Gasteiger partial charge in [-0.05, 0) is 32.6 Å². The van der Waals surface area contributed by atoms with Gasteiger partial charge in [0.1, 0.15) is 5.60 Å². The minimum atomic E-state index is -0.581. The Morgan fingerprint density at radius 2 is 1.89 bits per heavy atom. The molecule has 1 heterocycles. The van der Waals surface area contributed by atoms with Gasteiger partial charge in [-0.1, -0.05) is 25.7 Å². The Balaban J connectivity index is 1.59. The number of carbonyl (C=O) groups excluding carboxylic acids is 1. The largest absolute Gasteiger partial charge is 0.365 e. The molecule has 1 atom stereocenters. The average molecular weight is 268 g/mol. The SMILES string of the molecule is CC1(C(=O)NCCNC2CCCCCC2)CCCO1. The van der Waals surface area contributed by atoms with Gasteiger partial charge in [0.05, 0.1) is 0 Å². The smallest absolute Gasteiger partial charge is 0.252 e. The molecule has 4 nitrogen and oxygen atoms in total. The zero-order chi connectivity index (χ0) is 13.6. The molecule has 0 radical (unpaired) electrons. The van der Waals surface area contributed by atoms with E-state index in [1.54, 1.807) is 0 Å². The van der Waals surface area contributed by atoms with Gasteiger partial charge >= 0.3 is 0 Å². The lowest BCUT2D eigenvalue weighted by molar-refractivity contribution is -0.139. The third-order valence-electron chi connectivity index (χ3n) is 4.40. The van der Waals surface area contributed by atoms with Crippen LogP contribution in [0.15, 0.2) is 0 Å². The van der Waals surface area contributed by atoms with Gasteiger partial charge in [-0.15, -0.1) is 0 Å². The molecule has 1 aliphatic heterocycles. The molecule has 0 bridgehead atoms. The molecule has 1 saturated carbocycles. The fourth-order valence-corrected chi connectivity index (χ4v) is 3.08. The van der Waals surface area contributed by atoms with Crippen LogP contribution in [0, 0.1) is 0 Å². The molecule has 1 unspecified atom stereocenters. The van der Waals surface area contributed by atoms with Gasteiger partial charge in [0.25, 0.3) is 5.91 Å². The zero-order valence-electron chi connectivity index (χ0n) is 12.2. The molecule has 1 saturated heterocycles. The summed E-state index contributed by atoms with van der Waals surface area (Å²) in [7, 11) is 0. The Morgan fingerprint density at radius 1 is 1.16 bits per heavy atom. The fourth-order valence-electron chi connectivity index (χ4n) is 3.08. The zero-order valence-corrected chi connectivity index (χ0v) is 12.2. The van der Waals surface area contributed by atoms with Crippen molar-refractivity contribution in [3.8, 4) is 0 Å². The predicted molar refractivity (Wildman–Crippen MR) is 76.1 cm³/mol. The summed E-state index contributed by atoms with van der Waals surface area (Å²) in [5.41, 5.74) is -0.581. The van der Waals surface area contributed by atoms with Crippen LogP contribution in [0.5, 0.6) is 0 Å². The van der Waals surface area contributed by atoms with Crippen molar-refractivity contribution in [1.29, 1.82) is 0 Å². The van der Waals surface area contributed by atoms with Gasteiger partial charge < -0.3 is 15.4 Å². The topological polar surface area (TPSA) is 50.4 Å². The molecule has 110 valence electrons. The van der Waals surface area contributed by atoms with Crippen molar-refractivity contribution in [3.05, 3.63) is 0 Å². The molecule has 0 aromatic carbocycles. The van der Waals surface area contributed by atoms with E-state index in [0.717, 1.165) is 19.4 Å². The maximum absolute atomic E-state index is 12.0. The number of nitrogens with one attached hydrogen (secondary N) is 2. The van der Waals surface area contributed by atoms with Crippen molar-refractivity contribution in [2.75, 3.05) is 19.7 Å². The van der Waals surface area contributed by atoms with E-state index in [0.29, 0.717) is 19.2 Å². The van der Waals surface area contributed by atoms with Gasteiger partial charge in [0.15, 0.2) is 0 Å². The van der Waals surface area contributed by atoms with Crippen LogP contribution in [0.4, 0.5) is 0 Å². The van der Waals surface area contributed by atoms with Crippen LogP contribution >= 0.6 is 0 Å². The molecule has 1 aliphatic carbocycles. The maximum atomic E-state index is 12.0. The predicted octanol–water partition coefficient (Wildman–Crippen LogP) is 1.98. The Bertz CT molecular complexity index is 280. The second-order valence-corrected chi connectivity index (χ2v) is 6.08. The highest BCUT2D eigenvalue weighted by molar-refractivity contribution is 5.84. The van der Waals surface area contributed by atoms with E-state index in [2.05, 4.69) is 10.6 Å². The molecule has 0 spiro atoms. The van der Waals surface area contributed by atoms with Crippen LogP contribution in [-0.4, -0.2) is 37.2 Å². The minimum Gasteiger partial charge on any atom is -0.365 e. The number of hydrogen-bond donors (Lipinski definition) is 2. The summed E-state index contributed by atoms with van der Waals surface area (Å²) in [6.07, 6.45) is 9.85. The van der Waals surface area contributed by atoms with E-state index in [-0.39, 0.29) is 5.91 Å². The van der Waals surface area contributed by atoms with Crippen LogP contribution in [0.3, 0.4) is 0 Å². The van der Waals surface area contributed by atoms with E-state index >= 15 is 0 Å². The summed E-state index contributed by atoms with van der Waals surface area (Å²) in [6.45, 7) is 4.18. The molecular formula is C15H28N2O2. The van der Waals surface area contributed by atoms with Crippen molar-refractivity contribution in [1.82, 2.24) is 10.6 Å². The number of rotatable bonds is 5. The van der Waals surface area contributed by atoms with Crippen molar-refractivity contribution in [2.45, 2.75) is 69.9 Å². The van der Waals surface area contributed by atoms with Crippen LogP contribution in [0.2, 0.25) is 0 Å². The minimum absolute atomic E-state index is 0.0488. The van der Waals surface area contributed by atoms with Crippen molar-refractivity contribution >= 4 is 5.91 Å². The van der Waals surface area contributed by atoms with Gasteiger partial charge in [-0.2, -0.15) is 0 Å². The van der Waals surface area contributed by atoms with Crippen LogP contribution in [-0.2, 0) is 9.53 Å². The molecular weight excluding hydrogens is 240 g/mol. The standard InChI is InChI=1S/C15H28N2O2/c1-15(9-6-12-19-15)14(18)17-11-10-16-13-7-4-2-3-5-8-13/h13,16H,2-12H2,1H3,(H,17,18). The monoisotopic (exact) mass is 268 g/mol. The molecule has 2 N–H and O–H groups in total. The molecule has 0 aromatic rings. The fraction of sp³-hybridized carbons (Fsp3) is 0.933. The molecule has 2 aliphatic rings. The summed E-state index contributed by atoms with van der Waals surface area (Å²) in [6, 6.07) is 0.651. The second kappa shape index (κ2) is 7.25. The third kappa shape index (κ3) is 4.46. The molecule has 19 heavy (non-hydrogen) atoms. The first-order chi connectivity index (χ1) is 9.21. The van der Waals surface area contributed by atoms with Crippen LogP contribution in [0.25, 0.3) is 0 Å². The molecule has 2 rings (SSSR count). The van der Waals surface area contributed by atoms with E-state index in [4.69, 9.17) is 4.74 Å². The molecule has 4 heteroatoms. The Kier molecular flexibility index (Phi) is 5.64. The highest BCUT2D eigenvalue weighted by Gasteiger charge is 2.37. The van der Waals surface area contributed by atoms with E-state index in [1.807, 2.05) is 6.92 Å². The molecule has 1 amide bonds. The normalized spacial score (nSPS) is 29.1. The summed E-state index contributed by atoms with van der Waals surface area (Å²) >= 11 is 0. The lowest BCUT2D eigenvalue weighted by Gasteiger charge is -2.22. The maximum Gasteiger partial charge on any atom is 0.252 e. The quantitative estimate of drug-likeness (QED) is 0.592. The van der Waals surface area contributed by atoms with Crippen molar-refractivity contribution in [3.63, 3.8) is 0 Å². The summed E-state index contributed by atoms with van der Waals surface area (Å²) in [5, 5.41) is 6.56. The van der Waals surface area contributed by atoms with Crippen molar-refractivity contribution in [2.24, 2.45) is 0 Å². The van der Waals surface area contributed by atoms with E-state index in [9.17, 15) is 4.79 Å². The van der Waals surface area contributed by atoms with E-state index in [1.165, 1.54) is 38.5 Å². The second-order valence-electron chi connectivity index (χ2n) is 6.08. The van der Waals surface area contributed by atoms with Crippen molar-refractivity contribution < 1.29 is 9.53 Å². The van der Waals surface area contributed by atoms with E-state index < -0.39 is 5.60 Å². The number of amides is 1. The summed E-state index contributed by atoms with van der Waals surface area (Å²) < 4.78 is 5.53. The van der Waals surface area contributed by atoms with Gasteiger partial charge in [0.2, 0.25) is 0 Å². The Labute approximate surface area is 116 Å².